The molecular formula is C31H49N3O7. The van der Waals surface area contributed by atoms with E-state index < -0.39 is 41.1 Å². The number of likely N-dealkylation sites (tertiary alicyclic amines) is 1. The van der Waals surface area contributed by atoms with Crippen LogP contribution in [0.4, 0.5) is 0 Å². The summed E-state index contributed by atoms with van der Waals surface area (Å²) in [6.07, 6.45) is 6.01. The summed E-state index contributed by atoms with van der Waals surface area (Å²) in [6, 6.07) is -1.51. The molecular weight excluding hydrogens is 526 g/mol. The quantitative estimate of drug-likeness (QED) is 0.180. The number of aliphatic hydroxyl groups excluding tert-OH is 1. The lowest BCUT2D eigenvalue weighted by molar-refractivity contribution is -0.163. The van der Waals surface area contributed by atoms with E-state index in [-0.39, 0.29) is 30.9 Å². The molecule has 4 aliphatic rings. The summed E-state index contributed by atoms with van der Waals surface area (Å²) in [5.41, 5.74) is -2.02. The number of amides is 2. The van der Waals surface area contributed by atoms with Gasteiger partial charge in [0.25, 0.3) is 0 Å². The molecule has 4 fully saturated rings. The van der Waals surface area contributed by atoms with E-state index in [0.29, 0.717) is 65.0 Å². The first kappa shape index (κ1) is 31.7. The van der Waals surface area contributed by atoms with Gasteiger partial charge in [-0.1, -0.05) is 32.9 Å². The van der Waals surface area contributed by atoms with Crippen molar-refractivity contribution >= 4 is 17.8 Å². The lowest BCUT2D eigenvalue weighted by Crippen LogP contribution is -2.59. The van der Waals surface area contributed by atoms with E-state index in [1.807, 2.05) is 20.8 Å². The van der Waals surface area contributed by atoms with Crippen LogP contribution < -0.4 is 0 Å². The highest BCUT2D eigenvalue weighted by atomic mass is 16.6. The molecule has 0 saturated carbocycles. The van der Waals surface area contributed by atoms with E-state index in [1.165, 1.54) is 0 Å². The molecule has 6 atom stereocenters. The number of hydrogen-bond donors (Lipinski definition) is 1. The van der Waals surface area contributed by atoms with E-state index in [0.717, 1.165) is 13.1 Å². The van der Waals surface area contributed by atoms with Gasteiger partial charge in [-0.15, -0.1) is 13.2 Å². The molecule has 41 heavy (non-hydrogen) atoms. The van der Waals surface area contributed by atoms with Crippen molar-refractivity contribution in [2.24, 2.45) is 17.8 Å². The van der Waals surface area contributed by atoms with Crippen LogP contribution >= 0.6 is 0 Å². The second-order valence-corrected chi connectivity index (χ2v) is 12.3. The van der Waals surface area contributed by atoms with Crippen LogP contribution in [-0.4, -0.2) is 120 Å². The standard InChI is InChI=1S/C31H49N3O7/c1-6-9-17-40-29(38)25-24-27(36)34(23(21-35)20-22(4)5)26(31(24)11-10-30(25,8-3)41-31)28(37)33(12-7-2)14-13-32-15-18-39-19-16-32/h6-7,22-26,35H,1-2,8-21H2,3-5H3/t23-,24+,25-,26?,30+,31?/m1/s1. The van der Waals surface area contributed by atoms with Gasteiger partial charge < -0.3 is 29.1 Å². The van der Waals surface area contributed by atoms with E-state index in [9.17, 15) is 19.5 Å². The molecule has 0 aromatic heterocycles. The monoisotopic (exact) mass is 575 g/mol. The molecule has 0 aliphatic carbocycles. The first-order chi connectivity index (χ1) is 19.7. The number of morpholine rings is 1. The van der Waals surface area contributed by atoms with Crippen molar-refractivity contribution in [3.63, 3.8) is 0 Å². The largest absolute Gasteiger partial charge is 0.465 e. The molecule has 2 unspecified atom stereocenters. The third-order valence-corrected chi connectivity index (χ3v) is 9.47. The van der Waals surface area contributed by atoms with E-state index in [2.05, 4.69) is 18.1 Å². The topological polar surface area (TPSA) is 109 Å². The van der Waals surface area contributed by atoms with Crippen molar-refractivity contribution in [3.05, 3.63) is 25.3 Å². The van der Waals surface area contributed by atoms with Crippen LogP contribution in [0.25, 0.3) is 0 Å². The summed E-state index contributed by atoms with van der Waals surface area (Å²) in [6.45, 7) is 17.9. The zero-order valence-electron chi connectivity index (χ0n) is 25.1. The van der Waals surface area contributed by atoms with Crippen molar-refractivity contribution in [2.45, 2.75) is 76.2 Å². The molecule has 10 nitrogen and oxygen atoms in total. The number of ether oxygens (including phenoxy) is 3. The number of rotatable bonds is 15. The Labute approximate surface area is 244 Å². The van der Waals surface area contributed by atoms with Crippen molar-refractivity contribution < 1.29 is 33.7 Å². The summed E-state index contributed by atoms with van der Waals surface area (Å²) < 4.78 is 18.0. The van der Waals surface area contributed by atoms with Crippen LogP contribution in [0.5, 0.6) is 0 Å². The molecule has 4 rings (SSSR count). The third kappa shape index (κ3) is 5.85. The molecule has 0 aromatic carbocycles. The molecule has 10 heteroatoms. The number of nitrogens with zero attached hydrogens (tertiary/aromatic N) is 3. The highest BCUT2D eigenvalue weighted by Gasteiger charge is 2.79. The SMILES string of the molecule is C=CCCOC(=O)[C@H]1[C@H]2C(=O)N([C@@H](CO)CC(C)C)C(C(=O)N(CC=C)CCN3CCOCC3)C23CC[C@]1(CC)O3. The first-order valence-corrected chi connectivity index (χ1v) is 15.3. The Balaban J connectivity index is 1.72. The second kappa shape index (κ2) is 13.4. The van der Waals surface area contributed by atoms with Crippen LogP contribution in [0.3, 0.4) is 0 Å². The minimum absolute atomic E-state index is 0.179. The van der Waals surface area contributed by atoms with Crippen LogP contribution in [0.2, 0.25) is 0 Å². The summed E-state index contributed by atoms with van der Waals surface area (Å²) in [4.78, 5) is 48.3. The van der Waals surface area contributed by atoms with Gasteiger partial charge in [0, 0.05) is 32.7 Å². The van der Waals surface area contributed by atoms with Gasteiger partial charge in [-0.25, -0.2) is 0 Å². The maximum atomic E-state index is 14.6. The number of aliphatic hydroxyl groups is 1. The van der Waals surface area contributed by atoms with Crippen LogP contribution in [0, 0.1) is 17.8 Å². The van der Waals surface area contributed by atoms with Crippen molar-refractivity contribution in [3.8, 4) is 0 Å². The molecule has 0 radical (unpaired) electrons. The van der Waals surface area contributed by atoms with Gasteiger partial charge in [0.2, 0.25) is 11.8 Å². The Bertz CT molecular complexity index is 983. The van der Waals surface area contributed by atoms with E-state index in [4.69, 9.17) is 14.2 Å². The summed E-state index contributed by atoms with van der Waals surface area (Å²) >= 11 is 0. The molecule has 230 valence electrons. The molecule has 4 aliphatic heterocycles. The number of fused-ring (bicyclic) bond motifs is 1. The van der Waals surface area contributed by atoms with Crippen LogP contribution in [0.15, 0.2) is 25.3 Å². The van der Waals surface area contributed by atoms with Gasteiger partial charge in [0.1, 0.15) is 17.6 Å². The van der Waals surface area contributed by atoms with Gasteiger partial charge in [-0.05, 0) is 38.0 Å². The van der Waals surface area contributed by atoms with Crippen LogP contribution in [0.1, 0.15) is 52.9 Å². The zero-order chi connectivity index (χ0) is 29.8. The minimum atomic E-state index is -1.16. The maximum Gasteiger partial charge on any atom is 0.312 e. The van der Waals surface area contributed by atoms with Crippen molar-refractivity contribution in [1.29, 1.82) is 0 Å². The summed E-state index contributed by atoms with van der Waals surface area (Å²) in [5.74, 6) is -2.44. The van der Waals surface area contributed by atoms with Crippen LogP contribution in [-0.2, 0) is 28.6 Å². The van der Waals surface area contributed by atoms with Gasteiger partial charge in [-0.3, -0.25) is 19.3 Å². The highest BCUT2D eigenvalue weighted by Crippen LogP contribution is 2.65. The Hall–Kier alpha value is -2.27. The van der Waals surface area contributed by atoms with E-state index >= 15 is 0 Å². The fraction of sp³-hybridized carbons (Fsp3) is 0.774. The smallest absolute Gasteiger partial charge is 0.312 e. The minimum Gasteiger partial charge on any atom is -0.465 e. The van der Waals surface area contributed by atoms with Gasteiger partial charge in [-0.2, -0.15) is 0 Å². The van der Waals surface area contributed by atoms with Crippen molar-refractivity contribution in [2.75, 3.05) is 59.2 Å². The third-order valence-electron chi connectivity index (χ3n) is 9.47. The predicted molar refractivity (Wildman–Crippen MR) is 154 cm³/mol. The molecule has 1 N–H and O–H groups in total. The Morgan fingerprint density at radius 1 is 1.22 bits per heavy atom. The fourth-order valence-corrected chi connectivity index (χ4v) is 7.55. The van der Waals surface area contributed by atoms with E-state index in [1.54, 1.807) is 22.0 Å². The highest BCUT2D eigenvalue weighted by molar-refractivity contribution is 5.98. The second-order valence-electron chi connectivity index (χ2n) is 12.3. The van der Waals surface area contributed by atoms with Gasteiger partial charge >= 0.3 is 5.97 Å². The molecule has 4 saturated heterocycles. The number of carbonyl (C=O) groups excluding carboxylic acids is 3. The molecule has 2 amide bonds. The summed E-state index contributed by atoms with van der Waals surface area (Å²) in [5, 5.41) is 10.5. The Morgan fingerprint density at radius 2 is 1.95 bits per heavy atom. The molecule has 4 heterocycles. The lowest BCUT2D eigenvalue weighted by Gasteiger charge is -2.40. The number of esters is 1. The summed E-state index contributed by atoms with van der Waals surface area (Å²) in [7, 11) is 0. The Morgan fingerprint density at radius 3 is 2.56 bits per heavy atom. The zero-order valence-corrected chi connectivity index (χ0v) is 25.1. The van der Waals surface area contributed by atoms with Gasteiger partial charge in [0.15, 0.2) is 0 Å². The average molecular weight is 576 g/mol. The number of hydrogen-bond acceptors (Lipinski definition) is 8. The fourth-order valence-electron chi connectivity index (χ4n) is 7.55. The predicted octanol–water partition coefficient (Wildman–Crippen LogP) is 2.01. The molecule has 0 aromatic rings. The molecule has 1 spiro atoms. The Kier molecular flexibility index (Phi) is 10.3. The molecule has 2 bridgehead atoms. The average Bonchev–Trinajstić information content (AvgIpc) is 3.57. The number of carbonyl (C=O) groups is 3. The lowest BCUT2D eigenvalue weighted by atomic mass is 9.65. The van der Waals surface area contributed by atoms with Gasteiger partial charge in [0.05, 0.1) is 44.0 Å². The first-order valence-electron chi connectivity index (χ1n) is 15.3. The normalized spacial score (nSPS) is 31.8. The van der Waals surface area contributed by atoms with Crippen molar-refractivity contribution in [1.82, 2.24) is 14.7 Å². The maximum absolute atomic E-state index is 14.6.